The Labute approximate surface area is 102 Å². The summed E-state index contributed by atoms with van der Waals surface area (Å²) < 4.78 is 11.1. The first-order valence-corrected chi connectivity index (χ1v) is 6.29. The number of hydrogen-bond acceptors (Lipinski definition) is 4. The molecule has 0 aromatic carbocycles. The molecule has 0 radical (unpaired) electrons. The molecule has 2 aliphatic rings. The van der Waals surface area contributed by atoms with E-state index in [0.29, 0.717) is 0 Å². The zero-order chi connectivity index (χ0) is 12.8. The fourth-order valence-corrected chi connectivity index (χ4v) is 2.44. The van der Waals surface area contributed by atoms with E-state index < -0.39 is 11.9 Å². The van der Waals surface area contributed by atoms with E-state index in [1.807, 2.05) is 27.7 Å². The molecule has 1 aliphatic carbocycles. The van der Waals surface area contributed by atoms with Gasteiger partial charge in [-0.1, -0.05) is 20.8 Å². The second-order valence-electron chi connectivity index (χ2n) is 6.55. The molecule has 1 saturated carbocycles. The Kier molecular flexibility index (Phi) is 2.99. The third-order valence-electron chi connectivity index (χ3n) is 3.88. The zero-order valence-corrected chi connectivity index (χ0v) is 11.0. The third kappa shape index (κ3) is 2.33. The van der Waals surface area contributed by atoms with Crippen LogP contribution in [0.25, 0.3) is 0 Å². The molecular formula is C13H22O4. The van der Waals surface area contributed by atoms with Gasteiger partial charge in [0.15, 0.2) is 6.29 Å². The van der Waals surface area contributed by atoms with Gasteiger partial charge in [0.05, 0.1) is 5.92 Å². The summed E-state index contributed by atoms with van der Waals surface area (Å²) in [5.74, 6) is -0.0592. The molecule has 1 N–H and O–H groups in total. The molecule has 2 rings (SSSR count). The van der Waals surface area contributed by atoms with Crippen LogP contribution < -0.4 is 0 Å². The maximum Gasteiger partial charge on any atom is 0.309 e. The molecule has 0 amide bonds. The highest BCUT2D eigenvalue weighted by Crippen LogP contribution is 2.43. The largest absolute Gasteiger partial charge is 0.459 e. The highest BCUT2D eigenvalue weighted by atomic mass is 16.6. The number of aliphatic hydroxyl groups excluding tert-OH is 1. The standard InChI is InChI=1S/C13H22O4/c1-12(2,3)11(15)17-13(4)6-5-8-7-9(13)16-10(8)14/h8-9,11,15H,5-7H2,1-4H3. The quantitative estimate of drug-likeness (QED) is 0.593. The Morgan fingerprint density at radius 3 is 2.76 bits per heavy atom. The lowest BCUT2D eigenvalue weighted by atomic mass is 9.79. The zero-order valence-electron chi connectivity index (χ0n) is 11.0. The lowest BCUT2D eigenvalue weighted by molar-refractivity contribution is -0.251. The molecular weight excluding hydrogens is 220 g/mol. The summed E-state index contributed by atoms with van der Waals surface area (Å²) in [6.45, 7) is 7.70. The maximum atomic E-state index is 11.5. The van der Waals surface area contributed by atoms with Gasteiger partial charge >= 0.3 is 5.97 Å². The average Bonchev–Trinajstić information content (AvgIpc) is 2.51. The maximum absolute atomic E-state index is 11.5. The van der Waals surface area contributed by atoms with E-state index in [0.717, 1.165) is 19.3 Å². The molecule has 17 heavy (non-hydrogen) atoms. The number of esters is 1. The van der Waals surface area contributed by atoms with Crippen molar-refractivity contribution in [2.45, 2.75) is 65.0 Å². The molecule has 4 nitrogen and oxygen atoms in total. The number of hydrogen-bond donors (Lipinski definition) is 1. The number of carbonyl (C=O) groups excluding carboxylic acids is 1. The van der Waals surface area contributed by atoms with Gasteiger partial charge in [-0.3, -0.25) is 4.79 Å². The summed E-state index contributed by atoms with van der Waals surface area (Å²) >= 11 is 0. The number of ether oxygens (including phenoxy) is 2. The van der Waals surface area contributed by atoms with Crippen molar-refractivity contribution in [3.8, 4) is 0 Å². The second kappa shape index (κ2) is 3.95. The van der Waals surface area contributed by atoms with Gasteiger partial charge in [-0.05, 0) is 19.8 Å². The van der Waals surface area contributed by atoms with Crippen LogP contribution >= 0.6 is 0 Å². The fraction of sp³-hybridized carbons (Fsp3) is 0.923. The van der Waals surface area contributed by atoms with E-state index in [1.54, 1.807) is 0 Å². The predicted octanol–water partition coefficient (Wildman–Crippen LogP) is 1.85. The van der Waals surface area contributed by atoms with Crippen LogP contribution in [0.3, 0.4) is 0 Å². The first-order valence-electron chi connectivity index (χ1n) is 6.29. The van der Waals surface area contributed by atoms with E-state index in [-0.39, 0.29) is 23.4 Å². The van der Waals surface area contributed by atoms with Crippen molar-refractivity contribution in [1.82, 2.24) is 0 Å². The van der Waals surface area contributed by atoms with E-state index in [2.05, 4.69) is 0 Å². The smallest absolute Gasteiger partial charge is 0.309 e. The lowest BCUT2D eigenvalue weighted by Gasteiger charge is -2.41. The molecule has 2 fully saturated rings. The molecule has 0 aromatic heterocycles. The number of fused-ring (bicyclic) bond motifs is 2. The molecule has 98 valence electrons. The topological polar surface area (TPSA) is 55.8 Å². The van der Waals surface area contributed by atoms with Crippen molar-refractivity contribution in [1.29, 1.82) is 0 Å². The Bertz CT molecular complexity index is 320. The Balaban J connectivity index is 2.07. The van der Waals surface area contributed by atoms with Crippen molar-refractivity contribution >= 4 is 5.97 Å². The molecule has 0 aromatic rings. The first-order chi connectivity index (χ1) is 7.72. The van der Waals surface area contributed by atoms with Crippen molar-refractivity contribution in [3.63, 3.8) is 0 Å². The van der Waals surface area contributed by atoms with Gasteiger partial charge in [-0.2, -0.15) is 0 Å². The van der Waals surface area contributed by atoms with Crippen LogP contribution in [0.5, 0.6) is 0 Å². The van der Waals surface area contributed by atoms with E-state index in [1.165, 1.54) is 0 Å². The minimum absolute atomic E-state index is 0.0449. The van der Waals surface area contributed by atoms with Crippen LogP contribution in [-0.2, 0) is 14.3 Å². The van der Waals surface area contributed by atoms with Gasteiger partial charge < -0.3 is 14.6 Å². The minimum atomic E-state index is -0.844. The first kappa shape index (κ1) is 12.8. The van der Waals surface area contributed by atoms with Gasteiger partial charge in [0.2, 0.25) is 0 Å². The van der Waals surface area contributed by atoms with Gasteiger partial charge in [0, 0.05) is 11.8 Å². The molecule has 4 heteroatoms. The molecule has 0 spiro atoms. The summed E-state index contributed by atoms with van der Waals surface area (Å²) in [4.78, 5) is 11.5. The molecule has 1 heterocycles. The monoisotopic (exact) mass is 242 g/mol. The normalized spacial score (nSPS) is 39.0. The van der Waals surface area contributed by atoms with Crippen LogP contribution in [0, 0.1) is 11.3 Å². The highest BCUT2D eigenvalue weighted by Gasteiger charge is 2.52. The van der Waals surface area contributed by atoms with Crippen LogP contribution in [0.4, 0.5) is 0 Å². The van der Waals surface area contributed by atoms with Crippen LogP contribution in [0.2, 0.25) is 0 Å². The molecule has 4 unspecified atom stereocenters. The second-order valence-corrected chi connectivity index (χ2v) is 6.55. The van der Waals surface area contributed by atoms with Crippen LogP contribution in [-0.4, -0.2) is 29.1 Å². The SMILES string of the molecule is CC(C)(C)C(O)OC1(C)CCC2CC1OC2=O. The van der Waals surface area contributed by atoms with E-state index >= 15 is 0 Å². The predicted molar refractivity (Wildman–Crippen MR) is 62.2 cm³/mol. The van der Waals surface area contributed by atoms with Crippen molar-refractivity contribution in [3.05, 3.63) is 0 Å². The van der Waals surface area contributed by atoms with Crippen molar-refractivity contribution in [2.75, 3.05) is 0 Å². The lowest BCUT2D eigenvalue weighted by Crippen LogP contribution is -2.49. The number of carbonyl (C=O) groups is 1. The van der Waals surface area contributed by atoms with Crippen LogP contribution in [0.15, 0.2) is 0 Å². The summed E-state index contributed by atoms with van der Waals surface area (Å²) in [6, 6.07) is 0. The van der Waals surface area contributed by atoms with Gasteiger partial charge in [0.1, 0.15) is 11.7 Å². The van der Waals surface area contributed by atoms with Gasteiger partial charge in [-0.25, -0.2) is 0 Å². The number of rotatable bonds is 2. The average molecular weight is 242 g/mol. The molecule has 2 bridgehead atoms. The Morgan fingerprint density at radius 2 is 2.18 bits per heavy atom. The Morgan fingerprint density at radius 1 is 1.53 bits per heavy atom. The summed E-state index contributed by atoms with van der Waals surface area (Å²) in [5, 5.41) is 10.0. The third-order valence-corrected chi connectivity index (χ3v) is 3.88. The molecule has 4 atom stereocenters. The summed E-state index contributed by atoms with van der Waals surface area (Å²) in [6.07, 6.45) is 1.24. The van der Waals surface area contributed by atoms with E-state index in [9.17, 15) is 9.90 Å². The molecule has 1 saturated heterocycles. The van der Waals surface area contributed by atoms with E-state index in [4.69, 9.17) is 9.47 Å². The minimum Gasteiger partial charge on any atom is -0.459 e. The van der Waals surface area contributed by atoms with Crippen molar-refractivity contribution in [2.24, 2.45) is 11.3 Å². The van der Waals surface area contributed by atoms with Gasteiger partial charge in [0.25, 0.3) is 0 Å². The number of aliphatic hydroxyl groups is 1. The Hall–Kier alpha value is -0.610. The van der Waals surface area contributed by atoms with Crippen LogP contribution in [0.1, 0.15) is 47.0 Å². The highest BCUT2D eigenvalue weighted by molar-refractivity contribution is 5.75. The summed E-state index contributed by atoms with van der Waals surface area (Å²) in [7, 11) is 0. The fourth-order valence-electron chi connectivity index (χ4n) is 2.44. The summed E-state index contributed by atoms with van der Waals surface area (Å²) in [5.41, 5.74) is -0.877. The van der Waals surface area contributed by atoms with Gasteiger partial charge in [-0.15, -0.1) is 0 Å². The molecule has 1 aliphatic heterocycles. The van der Waals surface area contributed by atoms with Crippen molar-refractivity contribution < 1.29 is 19.4 Å².